The van der Waals surface area contributed by atoms with Gasteiger partial charge in [-0.2, -0.15) is 0 Å². The molecular formula is C10H11NO3. The van der Waals surface area contributed by atoms with Gasteiger partial charge in [-0.25, -0.2) is 0 Å². The molecule has 0 heterocycles. The molecule has 0 aliphatic heterocycles. The Bertz CT molecular complexity index is 360. The Morgan fingerprint density at radius 2 is 2.29 bits per heavy atom. The van der Waals surface area contributed by atoms with Crippen LogP contribution in [0, 0.1) is 0 Å². The van der Waals surface area contributed by atoms with Gasteiger partial charge in [-0.05, 0) is 17.7 Å². The summed E-state index contributed by atoms with van der Waals surface area (Å²) in [6.45, 7) is 1.35. The molecule has 0 atom stereocenters. The number of aromatic hydroxyl groups is 1. The number of hydrogen-bond acceptors (Lipinski definition) is 3. The second-order valence-corrected chi connectivity index (χ2v) is 2.90. The van der Waals surface area contributed by atoms with Gasteiger partial charge in [0.15, 0.2) is 0 Å². The topological polar surface area (TPSA) is 66.4 Å². The third kappa shape index (κ3) is 2.58. The van der Waals surface area contributed by atoms with Gasteiger partial charge < -0.3 is 15.2 Å². The molecule has 4 nitrogen and oxygen atoms in total. The van der Waals surface area contributed by atoms with Crippen molar-refractivity contribution in [2.75, 3.05) is 5.32 Å². The average Bonchev–Trinajstić information content (AvgIpc) is 2.10. The number of nitrogens with one attached hydrogen (secondary N) is 1. The van der Waals surface area contributed by atoms with Gasteiger partial charge in [0.25, 0.3) is 0 Å². The highest BCUT2D eigenvalue weighted by molar-refractivity contribution is 5.90. The molecule has 0 aliphatic carbocycles. The highest BCUT2D eigenvalue weighted by atomic mass is 16.3. The van der Waals surface area contributed by atoms with E-state index in [-0.39, 0.29) is 18.1 Å². The Morgan fingerprint density at radius 3 is 2.86 bits per heavy atom. The minimum atomic E-state index is -0.261. The van der Waals surface area contributed by atoms with Crippen LogP contribution in [0.3, 0.4) is 0 Å². The van der Waals surface area contributed by atoms with E-state index in [9.17, 15) is 14.7 Å². The first kappa shape index (κ1) is 10.2. The first-order valence-electron chi connectivity index (χ1n) is 4.16. The van der Waals surface area contributed by atoms with E-state index in [1.54, 1.807) is 12.1 Å². The molecule has 0 saturated carbocycles. The van der Waals surface area contributed by atoms with Crippen molar-refractivity contribution in [3.8, 4) is 5.75 Å². The quantitative estimate of drug-likeness (QED) is 0.557. The minimum absolute atomic E-state index is 0.00477. The van der Waals surface area contributed by atoms with Gasteiger partial charge in [-0.3, -0.25) is 4.79 Å². The predicted octanol–water partition coefficient (Wildman–Crippen LogP) is 1.09. The summed E-state index contributed by atoms with van der Waals surface area (Å²) >= 11 is 0. The number of hydrogen-bond donors (Lipinski definition) is 2. The average molecular weight is 193 g/mol. The fraction of sp³-hybridized carbons (Fsp3) is 0.200. The highest BCUT2D eigenvalue weighted by Crippen LogP contribution is 2.23. The van der Waals surface area contributed by atoms with Crippen molar-refractivity contribution in [2.45, 2.75) is 13.3 Å². The lowest BCUT2D eigenvalue weighted by Crippen LogP contribution is -2.06. The van der Waals surface area contributed by atoms with E-state index in [4.69, 9.17) is 0 Å². The maximum absolute atomic E-state index is 10.7. The SMILES string of the molecule is CC(=O)Nc1cc(CC=O)ccc1O. The summed E-state index contributed by atoms with van der Waals surface area (Å²) in [7, 11) is 0. The number of carbonyl (C=O) groups is 2. The van der Waals surface area contributed by atoms with Crippen LogP contribution in [0.5, 0.6) is 5.75 Å². The lowest BCUT2D eigenvalue weighted by Gasteiger charge is -2.06. The summed E-state index contributed by atoms with van der Waals surface area (Å²) in [4.78, 5) is 21.0. The standard InChI is InChI=1S/C10H11NO3/c1-7(13)11-9-6-8(4-5-12)2-3-10(9)14/h2-3,5-6,14H,4H2,1H3,(H,11,13). The molecule has 0 spiro atoms. The van der Waals surface area contributed by atoms with Crippen molar-refractivity contribution < 1.29 is 14.7 Å². The van der Waals surface area contributed by atoms with Crippen LogP contribution in [0.25, 0.3) is 0 Å². The lowest BCUT2D eigenvalue weighted by atomic mass is 10.1. The summed E-state index contributed by atoms with van der Waals surface area (Å²) < 4.78 is 0. The van der Waals surface area contributed by atoms with E-state index >= 15 is 0 Å². The van der Waals surface area contributed by atoms with Crippen LogP contribution in [-0.2, 0) is 16.0 Å². The van der Waals surface area contributed by atoms with E-state index in [0.29, 0.717) is 5.69 Å². The van der Waals surface area contributed by atoms with Crippen molar-refractivity contribution in [3.63, 3.8) is 0 Å². The predicted molar refractivity (Wildman–Crippen MR) is 52.2 cm³/mol. The molecule has 1 rings (SSSR count). The largest absolute Gasteiger partial charge is 0.506 e. The van der Waals surface area contributed by atoms with Gasteiger partial charge in [0.05, 0.1) is 5.69 Å². The van der Waals surface area contributed by atoms with Crippen molar-refractivity contribution in [2.24, 2.45) is 0 Å². The van der Waals surface area contributed by atoms with E-state index in [0.717, 1.165) is 11.8 Å². The molecule has 1 aromatic carbocycles. The second-order valence-electron chi connectivity index (χ2n) is 2.90. The van der Waals surface area contributed by atoms with E-state index < -0.39 is 0 Å². The maximum atomic E-state index is 10.7. The lowest BCUT2D eigenvalue weighted by molar-refractivity contribution is -0.114. The second kappa shape index (κ2) is 4.41. The molecule has 2 N–H and O–H groups in total. The number of carbonyl (C=O) groups excluding carboxylic acids is 2. The van der Waals surface area contributed by atoms with E-state index in [1.165, 1.54) is 13.0 Å². The molecule has 0 unspecified atom stereocenters. The van der Waals surface area contributed by atoms with Crippen molar-refractivity contribution in [1.29, 1.82) is 0 Å². The third-order valence-electron chi connectivity index (χ3n) is 1.69. The third-order valence-corrected chi connectivity index (χ3v) is 1.69. The molecule has 1 amide bonds. The van der Waals surface area contributed by atoms with Crippen LogP contribution >= 0.6 is 0 Å². The van der Waals surface area contributed by atoms with Crippen LogP contribution in [-0.4, -0.2) is 17.3 Å². The zero-order valence-electron chi connectivity index (χ0n) is 7.78. The van der Waals surface area contributed by atoms with Crippen LogP contribution in [0.4, 0.5) is 5.69 Å². The number of phenolic OH excluding ortho intramolecular Hbond substituents is 1. The molecule has 4 heteroatoms. The number of anilines is 1. The fourth-order valence-electron chi connectivity index (χ4n) is 1.10. The normalized spacial score (nSPS) is 9.50. The Morgan fingerprint density at radius 1 is 1.57 bits per heavy atom. The van der Waals surface area contributed by atoms with Gasteiger partial charge >= 0.3 is 0 Å². The van der Waals surface area contributed by atoms with Crippen LogP contribution in [0.1, 0.15) is 12.5 Å². The highest BCUT2D eigenvalue weighted by Gasteiger charge is 2.03. The first-order valence-corrected chi connectivity index (χ1v) is 4.16. The Kier molecular flexibility index (Phi) is 3.23. The molecule has 0 radical (unpaired) electrons. The zero-order valence-corrected chi connectivity index (χ0v) is 7.78. The van der Waals surface area contributed by atoms with Crippen molar-refractivity contribution in [3.05, 3.63) is 23.8 Å². The number of phenols is 1. The van der Waals surface area contributed by atoms with Gasteiger partial charge in [-0.15, -0.1) is 0 Å². The zero-order chi connectivity index (χ0) is 10.6. The molecule has 0 aliphatic rings. The molecular weight excluding hydrogens is 182 g/mol. The summed E-state index contributed by atoms with van der Waals surface area (Å²) in [5, 5.41) is 11.8. The molecule has 0 fully saturated rings. The number of aldehydes is 1. The number of rotatable bonds is 3. The molecule has 0 saturated heterocycles. The smallest absolute Gasteiger partial charge is 0.221 e. The first-order chi connectivity index (χ1) is 6.63. The number of amides is 1. The van der Waals surface area contributed by atoms with Crippen LogP contribution in [0.2, 0.25) is 0 Å². The summed E-state index contributed by atoms with van der Waals surface area (Å²) in [5.74, 6) is -0.265. The molecule has 0 aromatic heterocycles. The molecule has 0 bridgehead atoms. The van der Waals surface area contributed by atoms with Gasteiger partial charge in [0, 0.05) is 13.3 Å². The van der Waals surface area contributed by atoms with Gasteiger partial charge in [0.2, 0.25) is 5.91 Å². The molecule has 1 aromatic rings. The summed E-state index contributed by atoms with van der Waals surface area (Å²) in [6, 6.07) is 4.66. The van der Waals surface area contributed by atoms with E-state index in [2.05, 4.69) is 5.32 Å². The van der Waals surface area contributed by atoms with Gasteiger partial charge in [-0.1, -0.05) is 6.07 Å². The van der Waals surface area contributed by atoms with Crippen molar-refractivity contribution >= 4 is 17.9 Å². The van der Waals surface area contributed by atoms with Gasteiger partial charge in [0.1, 0.15) is 12.0 Å². The molecule has 14 heavy (non-hydrogen) atoms. The fourth-order valence-corrected chi connectivity index (χ4v) is 1.10. The van der Waals surface area contributed by atoms with Crippen molar-refractivity contribution in [1.82, 2.24) is 0 Å². The Labute approximate surface area is 81.6 Å². The van der Waals surface area contributed by atoms with Crippen LogP contribution < -0.4 is 5.32 Å². The summed E-state index contributed by atoms with van der Waals surface area (Å²) in [5.41, 5.74) is 1.08. The maximum Gasteiger partial charge on any atom is 0.221 e. The minimum Gasteiger partial charge on any atom is -0.506 e. The molecule has 74 valence electrons. The summed E-state index contributed by atoms with van der Waals surface area (Å²) in [6.07, 6.45) is 1.04. The Hall–Kier alpha value is -1.84. The monoisotopic (exact) mass is 193 g/mol. The Balaban J connectivity index is 2.95. The van der Waals surface area contributed by atoms with Crippen LogP contribution in [0.15, 0.2) is 18.2 Å². The number of benzene rings is 1. The van der Waals surface area contributed by atoms with E-state index in [1.807, 2.05) is 0 Å².